The van der Waals surface area contributed by atoms with E-state index in [2.05, 4.69) is 5.32 Å². The highest BCUT2D eigenvalue weighted by molar-refractivity contribution is 8.01. The van der Waals surface area contributed by atoms with Gasteiger partial charge in [-0.15, -0.1) is 0 Å². The van der Waals surface area contributed by atoms with Crippen molar-refractivity contribution >= 4 is 15.4 Å². The van der Waals surface area contributed by atoms with Gasteiger partial charge in [-0.3, -0.25) is 9.35 Å². The van der Waals surface area contributed by atoms with Gasteiger partial charge in [-0.2, -0.15) is 8.42 Å². The first-order valence-corrected chi connectivity index (χ1v) is 7.13. The first-order valence-electron chi connectivity index (χ1n) is 5.69. The van der Waals surface area contributed by atoms with Crippen LogP contribution in [0.2, 0.25) is 0 Å². The van der Waals surface area contributed by atoms with Crippen molar-refractivity contribution in [3.05, 3.63) is 0 Å². The van der Waals surface area contributed by atoms with Crippen LogP contribution < -0.4 is 5.32 Å². The minimum Gasteiger partial charge on any atom is -0.335 e. The molecular weight excluding hydrogens is 230 g/mol. The topological polar surface area (TPSA) is 83.5 Å². The van der Waals surface area contributed by atoms with Crippen molar-refractivity contribution in [2.75, 3.05) is 0 Å². The molecule has 2 N–H and O–H groups in total. The Morgan fingerprint density at radius 2 is 1.75 bits per heavy atom. The lowest BCUT2D eigenvalue weighted by Gasteiger charge is -2.33. The van der Waals surface area contributed by atoms with Gasteiger partial charge in [0, 0.05) is 5.54 Å². The largest absolute Gasteiger partial charge is 0.364 e. The SMILES string of the molecule is O=C(NC12CC3CC(CC1C3)C2)S(=O)(=O)O. The summed E-state index contributed by atoms with van der Waals surface area (Å²) >= 11 is 0. The molecule has 4 bridgehead atoms. The van der Waals surface area contributed by atoms with Gasteiger partial charge in [0.1, 0.15) is 0 Å². The molecule has 6 heteroatoms. The van der Waals surface area contributed by atoms with Gasteiger partial charge in [0.25, 0.3) is 0 Å². The van der Waals surface area contributed by atoms with Crippen LogP contribution in [0.4, 0.5) is 4.79 Å². The van der Waals surface area contributed by atoms with Crippen LogP contribution in [-0.2, 0) is 10.1 Å². The van der Waals surface area contributed by atoms with E-state index in [-0.39, 0.29) is 5.54 Å². The van der Waals surface area contributed by atoms with E-state index in [0.29, 0.717) is 17.8 Å². The van der Waals surface area contributed by atoms with Crippen molar-refractivity contribution in [2.24, 2.45) is 17.8 Å². The van der Waals surface area contributed by atoms with Gasteiger partial charge < -0.3 is 5.32 Å². The second-order valence-corrected chi connectivity index (χ2v) is 6.91. The van der Waals surface area contributed by atoms with Crippen molar-refractivity contribution in [1.29, 1.82) is 0 Å². The van der Waals surface area contributed by atoms with Crippen LogP contribution in [0.1, 0.15) is 32.1 Å². The lowest BCUT2D eigenvalue weighted by molar-refractivity contribution is 0.219. The average Bonchev–Trinajstić information content (AvgIpc) is 2.49. The Bertz CT molecular complexity index is 430. The predicted octanol–water partition coefficient (Wildman–Crippen LogP) is 1.16. The molecule has 0 radical (unpaired) electrons. The molecule has 0 spiro atoms. The molecule has 4 fully saturated rings. The number of hydrogen-bond donors (Lipinski definition) is 2. The van der Waals surface area contributed by atoms with Crippen LogP contribution in [-0.4, -0.2) is 23.7 Å². The summed E-state index contributed by atoms with van der Waals surface area (Å²) in [5, 5.41) is 1.36. The molecule has 0 aromatic rings. The highest BCUT2D eigenvalue weighted by Gasteiger charge is 2.58. The summed E-state index contributed by atoms with van der Waals surface area (Å²) in [5.41, 5.74) is -0.333. The van der Waals surface area contributed by atoms with E-state index in [1.165, 1.54) is 6.42 Å². The van der Waals surface area contributed by atoms with E-state index < -0.39 is 15.4 Å². The number of amides is 1. The second-order valence-electron chi connectivity index (χ2n) is 5.59. The van der Waals surface area contributed by atoms with Crippen LogP contribution in [0.3, 0.4) is 0 Å². The van der Waals surface area contributed by atoms with Gasteiger partial charge in [0.15, 0.2) is 0 Å². The highest BCUT2D eigenvalue weighted by atomic mass is 32.2. The summed E-state index contributed by atoms with van der Waals surface area (Å²) < 4.78 is 30.2. The third-order valence-corrected chi connectivity index (χ3v) is 5.15. The van der Waals surface area contributed by atoms with Gasteiger partial charge >= 0.3 is 15.4 Å². The molecule has 4 aliphatic rings. The van der Waals surface area contributed by atoms with Gasteiger partial charge in [0.05, 0.1) is 0 Å². The number of carbonyl (C=O) groups is 1. The molecule has 0 heterocycles. The van der Waals surface area contributed by atoms with Crippen molar-refractivity contribution in [3.8, 4) is 0 Å². The molecule has 16 heavy (non-hydrogen) atoms. The molecule has 0 saturated heterocycles. The Morgan fingerprint density at radius 1 is 1.19 bits per heavy atom. The first kappa shape index (κ1) is 10.5. The first-order chi connectivity index (χ1) is 7.39. The van der Waals surface area contributed by atoms with Gasteiger partial charge in [-0.25, -0.2) is 0 Å². The standard InChI is InChI=1S/C10H15NO4S/c12-9(16(13,14)15)11-10-4-6-1-7(5-10)3-8(10)2-6/h6-8H,1-5H2,(H,11,12)(H,13,14,15). The maximum Gasteiger partial charge on any atom is 0.364 e. The quantitative estimate of drug-likeness (QED) is 0.679. The fourth-order valence-corrected chi connectivity index (χ4v) is 4.60. The van der Waals surface area contributed by atoms with Crippen LogP contribution in [0.25, 0.3) is 0 Å². The van der Waals surface area contributed by atoms with Crippen LogP contribution in [0, 0.1) is 17.8 Å². The molecule has 5 nitrogen and oxygen atoms in total. The van der Waals surface area contributed by atoms with E-state index >= 15 is 0 Å². The van der Waals surface area contributed by atoms with Gasteiger partial charge in [-0.05, 0) is 49.9 Å². The Hall–Kier alpha value is -0.620. The minimum atomic E-state index is -4.59. The summed E-state index contributed by atoms with van der Waals surface area (Å²) in [5.74, 6) is 1.69. The Kier molecular flexibility index (Phi) is 1.96. The molecule has 2 unspecified atom stereocenters. The number of hydrogen-bond acceptors (Lipinski definition) is 3. The minimum absolute atomic E-state index is 0.333. The van der Waals surface area contributed by atoms with Crippen molar-refractivity contribution in [2.45, 2.75) is 37.6 Å². The fraction of sp³-hybridized carbons (Fsp3) is 0.900. The summed E-state index contributed by atoms with van der Waals surface area (Å²) in [6.45, 7) is 0. The highest BCUT2D eigenvalue weighted by Crippen LogP contribution is 2.60. The van der Waals surface area contributed by atoms with E-state index in [0.717, 1.165) is 25.7 Å². The number of carbonyl (C=O) groups excluding carboxylic acids is 1. The van der Waals surface area contributed by atoms with Crippen LogP contribution in [0.5, 0.6) is 0 Å². The molecular formula is C10H15NO4S. The van der Waals surface area contributed by atoms with Crippen molar-refractivity contribution in [1.82, 2.24) is 5.32 Å². The second kappa shape index (κ2) is 2.98. The maximum atomic E-state index is 11.3. The van der Waals surface area contributed by atoms with E-state index in [9.17, 15) is 13.2 Å². The number of nitrogens with one attached hydrogen (secondary N) is 1. The normalized spacial score (nSPS) is 44.9. The lowest BCUT2D eigenvalue weighted by Crippen LogP contribution is -2.50. The monoisotopic (exact) mass is 245 g/mol. The van der Waals surface area contributed by atoms with E-state index in [1.54, 1.807) is 0 Å². The average molecular weight is 245 g/mol. The summed E-state index contributed by atoms with van der Waals surface area (Å²) in [6.07, 6.45) is 5.19. The molecule has 0 aromatic carbocycles. The maximum absolute atomic E-state index is 11.3. The molecule has 0 aromatic heterocycles. The smallest absolute Gasteiger partial charge is 0.335 e. The summed E-state index contributed by atoms with van der Waals surface area (Å²) in [7, 11) is -4.59. The van der Waals surface area contributed by atoms with Gasteiger partial charge in [-0.1, -0.05) is 0 Å². The van der Waals surface area contributed by atoms with Crippen LogP contribution >= 0.6 is 0 Å². The molecule has 1 amide bonds. The Morgan fingerprint density at radius 3 is 2.25 bits per heavy atom. The third-order valence-electron chi connectivity index (χ3n) is 4.57. The van der Waals surface area contributed by atoms with Crippen molar-refractivity contribution < 1.29 is 17.8 Å². The van der Waals surface area contributed by atoms with E-state index in [4.69, 9.17) is 4.55 Å². The van der Waals surface area contributed by atoms with Gasteiger partial charge in [0.2, 0.25) is 0 Å². The Labute approximate surface area is 94.3 Å². The predicted molar refractivity (Wildman–Crippen MR) is 56.4 cm³/mol. The zero-order chi connectivity index (χ0) is 11.6. The molecule has 90 valence electrons. The zero-order valence-corrected chi connectivity index (χ0v) is 9.66. The fourth-order valence-electron chi connectivity index (χ4n) is 4.27. The molecule has 2 atom stereocenters. The third kappa shape index (κ3) is 1.39. The summed E-state index contributed by atoms with van der Waals surface area (Å²) in [4.78, 5) is 11.3. The molecule has 4 aliphatic carbocycles. The van der Waals surface area contributed by atoms with Crippen LogP contribution in [0.15, 0.2) is 0 Å². The Balaban J connectivity index is 1.84. The number of rotatable bonds is 1. The molecule has 0 aliphatic heterocycles. The molecule has 4 rings (SSSR count). The zero-order valence-electron chi connectivity index (χ0n) is 8.85. The van der Waals surface area contributed by atoms with E-state index in [1.807, 2.05) is 0 Å². The lowest BCUT2D eigenvalue weighted by atomic mass is 9.80. The van der Waals surface area contributed by atoms with Crippen molar-refractivity contribution in [3.63, 3.8) is 0 Å². The molecule has 4 saturated carbocycles. The summed E-state index contributed by atoms with van der Waals surface area (Å²) in [6, 6.07) is 0.